The minimum Gasteiger partial charge on any atom is -0.360 e. The summed E-state index contributed by atoms with van der Waals surface area (Å²) in [5, 5.41) is 16.6. The molecule has 13 heavy (non-hydrogen) atoms. The quantitative estimate of drug-likeness (QED) is 0.713. The van der Waals surface area contributed by atoms with E-state index in [-0.39, 0.29) is 11.1 Å². The molecule has 0 aromatic carbocycles. The monoisotopic (exact) mass is 183 g/mol. The number of hydrogen-bond acceptors (Lipinski definition) is 3. The van der Waals surface area contributed by atoms with Crippen molar-refractivity contribution in [1.29, 1.82) is 0 Å². The maximum atomic E-state index is 11.3. The fourth-order valence-corrected chi connectivity index (χ4v) is 0.785. The van der Waals surface area contributed by atoms with Gasteiger partial charge in [0.15, 0.2) is 0 Å². The van der Waals surface area contributed by atoms with Crippen LogP contribution in [0.3, 0.4) is 0 Å². The highest BCUT2D eigenvalue weighted by atomic mass is 16.5. The normalized spacial score (nSPS) is 11.3. The molecule has 5 heteroatoms. The summed E-state index contributed by atoms with van der Waals surface area (Å²) in [7, 11) is 0. The minimum atomic E-state index is -0.637. The van der Waals surface area contributed by atoms with Crippen LogP contribution < -0.4 is 5.32 Å². The smallest absolute Gasteiger partial charge is 0.321 e. The number of carbonyl (C=O) groups excluding carboxylic acids is 1. The van der Waals surface area contributed by atoms with Gasteiger partial charge in [0.25, 0.3) is 5.91 Å². The summed E-state index contributed by atoms with van der Waals surface area (Å²) in [6.07, 6.45) is 1.05. The van der Waals surface area contributed by atoms with Gasteiger partial charge in [-0.3, -0.25) is 9.90 Å². The molecule has 1 rings (SSSR count). The third-order valence-electron chi connectivity index (χ3n) is 1.27. The Bertz CT molecular complexity index is 311. The summed E-state index contributed by atoms with van der Waals surface area (Å²) < 4.78 is 4.36. The molecular weight excluding hydrogens is 172 g/mol. The Morgan fingerprint density at radius 1 is 1.54 bits per heavy atom. The number of carbonyl (C=O) groups is 1. The molecule has 0 spiro atoms. The van der Waals surface area contributed by atoms with Gasteiger partial charge in [-0.1, -0.05) is 0 Å². The van der Waals surface area contributed by atoms with Crippen LogP contribution in [-0.4, -0.2) is 16.6 Å². The van der Waals surface area contributed by atoms with E-state index in [9.17, 15) is 9.90 Å². The predicted octanol–water partition coefficient (Wildman–Crippen LogP) is 1.35. The molecular formula is C8H11N2O3. The van der Waals surface area contributed by atoms with Gasteiger partial charge in [-0.15, -0.1) is 0 Å². The van der Waals surface area contributed by atoms with Crippen molar-refractivity contribution in [1.82, 2.24) is 10.5 Å². The summed E-state index contributed by atoms with van der Waals surface area (Å²) in [5.74, 6) is -1.10. The van der Waals surface area contributed by atoms with E-state index < -0.39 is 11.8 Å². The van der Waals surface area contributed by atoms with Gasteiger partial charge in [-0.25, -0.2) is 0 Å². The molecule has 0 bridgehead atoms. The highest BCUT2D eigenvalue weighted by molar-refractivity contribution is 5.96. The lowest BCUT2D eigenvalue weighted by atomic mass is 10.1. The molecule has 0 fully saturated rings. The molecule has 1 aromatic rings. The van der Waals surface area contributed by atoms with Gasteiger partial charge in [0.05, 0.1) is 0 Å². The molecule has 0 unspecified atom stereocenters. The topological polar surface area (TPSA) is 75.0 Å². The summed E-state index contributed by atoms with van der Waals surface area (Å²) in [6.45, 7) is 5.47. The van der Waals surface area contributed by atoms with Crippen molar-refractivity contribution in [2.24, 2.45) is 0 Å². The van der Waals surface area contributed by atoms with Crippen LogP contribution in [0.5, 0.6) is 5.88 Å². The van der Waals surface area contributed by atoms with Gasteiger partial charge in [-0.2, -0.15) is 0 Å². The zero-order valence-corrected chi connectivity index (χ0v) is 7.75. The van der Waals surface area contributed by atoms with E-state index in [0.717, 1.165) is 6.26 Å². The Hall–Kier alpha value is -1.52. The molecule has 1 radical (unpaired) electrons. The van der Waals surface area contributed by atoms with Crippen molar-refractivity contribution in [2.45, 2.75) is 26.3 Å². The Morgan fingerprint density at radius 2 is 2.15 bits per heavy atom. The van der Waals surface area contributed by atoms with Crippen LogP contribution in [0.1, 0.15) is 31.1 Å². The lowest BCUT2D eigenvalue weighted by molar-refractivity contribution is 0.0915. The van der Waals surface area contributed by atoms with E-state index in [1.54, 1.807) is 0 Å². The van der Waals surface area contributed by atoms with Crippen LogP contribution in [0.4, 0.5) is 0 Å². The Morgan fingerprint density at radius 3 is 2.54 bits per heavy atom. The number of amides is 1. The molecule has 0 aliphatic heterocycles. The van der Waals surface area contributed by atoms with Crippen molar-refractivity contribution in [3.05, 3.63) is 11.8 Å². The van der Waals surface area contributed by atoms with Crippen molar-refractivity contribution in [3.63, 3.8) is 0 Å². The molecule has 1 N–H and O–H groups in total. The highest BCUT2D eigenvalue weighted by Crippen LogP contribution is 2.14. The fraction of sp³-hybridized carbons (Fsp3) is 0.500. The van der Waals surface area contributed by atoms with Crippen molar-refractivity contribution in [2.75, 3.05) is 0 Å². The highest BCUT2D eigenvalue weighted by Gasteiger charge is 2.21. The second-order valence-electron chi connectivity index (χ2n) is 3.74. The van der Waals surface area contributed by atoms with E-state index in [1.165, 1.54) is 0 Å². The summed E-state index contributed by atoms with van der Waals surface area (Å²) in [6, 6.07) is 0. The maximum Gasteiger partial charge on any atom is 0.321 e. The summed E-state index contributed by atoms with van der Waals surface area (Å²) >= 11 is 0. The van der Waals surface area contributed by atoms with Gasteiger partial charge >= 0.3 is 5.88 Å². The first-order valence-corrected chi connectivity index (χ1v) is 3.84. The van der Waals surface area contributed by atoms with Crippen LogP contribution >= 0.6 is 0 Å². The van der Waals surface area contributed by atoms with Gasteiger partial charge in [0.1, 0.15) is 11.8 Å². The number of nitrogens with zero attached hydrogens (tertiary/aromatic N) is 1. The molecule has 0 saturated carbocycles. The van der Waals surface area contributed by atoms with E-state index in [1.807, 2.05) is 20.8 Å². The number of aromatic nitrogens is 1. The Labute approximate surface area is 75.7 Å². The van der Waals surface area contributed by atoms with Crippen LogP contribution in [0.15, 0.2) is 10.8 Å². The molecule has 5 nitrogen and oxygen atoms in total. The molecule has 1 amide bonds. The van der Waals surface area contributed by atoms with E-state index in [4.69, 9.17) is 0 Å². The van der Waals surface area contributed by atoms with Gasteiger partial charge in [0.2, 0.25) is 0 Å². The zero-order chi connectivity index (χ0) is 10.1. The first-order chi connectivity index (χ1) is 5.90. The van der Waals surface area contributed by atoms with Crippen molar-refractivity contribution < 1.29 is 14.4 Å². The van der Waals surface area contributed by atoms with Crippen LogP contribution in [-0.2, 0) is 5.11 Å². The van der Waals surface area contributed by atoms with Crippen LogP contribution in [0.25, 0.3) is 0 Å². The van der Waals surface area contributed by atoms with E-state index >= 15 is 0 Å². The maximum absolute atomic E-state index is 11.3. The third-order valence-corrected chi connectivity index (χ3v) is 1.27. The van der Waals surface area contributed by atoms with E-state index in [0.29, 0.717) is 0 Å². The number of nitrogens with one attached hydrogen (secondary N) is 1. The molecule has 0 aliphatic carbocycles. The molecule has 71 valence electrons. The molecule has 0 aliphatic rings. The molecule has 1 aromatic heterocycles. The van der Waals surface area contributed by atoms with Gasteiger partial charge in [0, 0.05) is 5.54 Å². The second-order valence-corrected chi connectivity index (χ2v) is 3.74. The first-order valence-electron chi connectivity index (χ1n) is 3.84. The number of rotatable bonds is 1. The number of hydrogen-bond donors (Lipinski definition) is 1. The lowest BCUT2D eigenvalue weighted by Gasteiger charge is -2.19. The predicted molar refractivity (Wildman–Crippen MR) is 43.9 cm³/mol. The second kappa shape index (κ2) is 3.08. The van der Waals surface area contributed by atoms with Gasteiger partial charge < -0.3 is 9.84 Å². The van der Waals surface area contributed by atoms with Gasteiger partial charge in [-0.05, 0) is 25.9 Å². The summed E-state index contributed by atoms with van der Waals surface area (Å²) in [5.41, 5.74) is -0.434. The lowest BCUT2D eigenvalue weighted by Crippen LogP contribution is -2.40. The SMILES string of the molecule is CC(C)(C)NC(=O)c1conc1[O]. The molecule has 0 atom stereocenters. The zero-order valence-electron chi connectivity index (χ0n) is 7.75. The van der Waals surface area contributed by atoms with Crippen LogP contribution in [0, 0.1) is 0 Å². The van der Waals surface area contributed by atoms with Crippen LogP contribution in [0.2, 0.25) is 0 Å². The largest absolute Gasteiger partial charge is 0.360 e. The first kappa shape index (κ1) is 9.57. The Balaban J connectivity index is 2.76. The Kier molecular flexibility index (Phi) is 2.27. The third kappa shape index (κ3) is 2.47. The summed E-state index contributed by atoms with van der Waals surface area (Å²) in [4.78, 5) is 11.3. The van der Waals surface area contributed by atoms with Crippen molar-refractivity contribution in [3.8, 4) is 5.88 Å². The average Bonchev–Trinajstić information content (AvgIpc) is 2.30. The average molecular weight is 183 g/mol. The molecule has 0 saturated heterocycles. The molecule has 1 heterocycles. The van der Waals surface area contributed by atoms with E-state index in [2.05, 4.69) is 15.0 Å². The minimum absolute atomic E-state index is 0.0603. The standard InChI is InChI=1S/C8H11N2O3/c1-8(2,3)9-6(11)5-4-13-10-7(5)12/h4H,1-3H3,(H,9,11). The fourth-order valence-electron chi connectivity index (χ4n) is 0.785. The van der Waals surface area contributed by atoms with Crippen molar-refractivity contribution >= 4 is 5.91 Å².